The van der Waals surface area contributed by atoms with Crippen molar-refractivity contribution in [1.82, 2.24) is 0 Å². The third-order valence-electron chi connectivity index (χ3n) is 7.07. The number of carboxylic acid groups (broad SMARTS) is 1. The quantitative estimate of drug-likeness (QED) is 0.482. The lowest BCUT2D eigenvalue weighted by molar-refractivity contribution is -0.142. The van der Waals surface area contributed by atoms with Crippen molar-refractivity contribution in [2.24, 2.45) is 0 Å². The van der Waals surface area contributed by atoms with Crippen molar-refractivity contribution >= 4 is 29.1 Å². The van der Waals surface area contributed by atoms with Crippen molar-refractivity contribution in [2.45, 2.75) is 11.8 Å². The molecule has 0 radical (unpaired) electrons. The Balaban J connectivity index is 1.68. The number of aliphatic carboxylic acids is 1. The average Bonchev–Trinajstić information content (AvgIpc) is 2.89. The largest absolute Gasteiger partial charge is 0.480 e. The van der Waals surface area contributed by atoms with Gasteiger partial charge in [0.15, 0.2) is 23.1 Å². The van der Waals surface area contributed by atoms with Gasteiger partial charge in [0, 0.05) is 44.5 Å². The van der Waals surface area contributed by atoms with Gasteiger partial charge in [0.1, 0.15) is 5.41 Å². The first kappa shape index (κ1) is 20.9. The molecule has 0 bridgehead atoms. The van der Waals surface area contributed by atoms with Crippen molar-refractivity contribution in [3.8, 4) is 0 Å². The fourth-order valence-electron chi connectivity index (χ4n) is 5.49. The van der Waals surface area contributed by atoms with Gasteiger partial charge in [0.2, 0.25) is 0 Å². The summed E-state index contributed by atoms with van der Waals surface area (Å²) in [4.78, 5) is 67.1. The molecule has 0 spiro atoms. The molecule has 0 amide bonds. The van der Waals surface area contributed by atoms with Crippen molar-refractivity contribution in [2.75, 3.05) is 0 Å². The summed E-state index contributed by atoms with van der Waals surface area (Å²) in [5.41, 5.74) is -1.38. The van der Waals surface area contributed by atoms with Gasteiger partial charge in [-0.1, -0.05) is 78.9 Å². The van der Waals surface area contributed by atoms with E-state index in [1.54, 1.807) is 30.3 Å². The first-order valence-corrected chi connectivity index (χ1v) is 11.0. The molecule has 0 fully saturated rings. The molecule has 0 saturated carbocycles. The van der Waals surface area contributed by atoms with Crippen LogP contribution in [0, 0.1) is 0 Å². The summed E-state index contributed by atoms with van der Waals surface area (Å²) >= 11 is 0. The second-order valence-electron chi connectivity index (χ2n) is 8.74. The molecule has 1 N–H and O–H groups in total. The molecule has 0 heterocycles. The maximum absolute atomic E-state index is 13.7. The number of allylic oxidation sites excluding steroid dienone is 3. The van der Waals surface area contributed by atoms with Crippen LogP contribution in [0.1, 0.15) is 64.5 Å². The first-order chi connectivity index (χ1) is 16.9. The SMILES string of the molecule is O=C1C2=C(C(=O)c3ccccc31)C(C(=O)O)(c1cccc3c1C(=O)c1ccccc1C3=O)CC=C2. The predicted molar refractivity (Wildman–Crippen MR) is 125 cm³/mol. The Hall–Kier alpha value is -4.71. The van der Waals surface area contributed by atoms with Gasteiger partial charge < -0.3 is 5.11 Å². The number of rotatable bonds is 2. The summed E-state index contributed by atoms with van der Waals surface area (Å²) in [6, 6.07) is 17.1. The van der Waals surface area contributed by atoms with Crippen LogP contribution >= 0.6 is 0 Å². The third kappa shape index (κ3) is 2.56. The Bertz CT molecular complexity index is 1620. The maximum Gasteiger partial charge on any atom is 0.319 e. The zero-order chi connectivity index (χ0) is 24.5. The van der Waals surface area contributed by atoms with Crippen LogP contribution in [0.15, 0.2) is 90.0 Å². The molecule has 0 aliphatic heterocycles. The van der Waals surface area contributed by atoms with E-state index in [0.29, 0.717) is 0 Å². The zero-order valence-corrected chi connectivity index (χ0v) is 18.2. The van der Waals surface area contributed by atoms with Crippen LogP contribution in [0.3, 0.4) is 0 Å². The van der Waals surface area contributed by atoms with Crippen LogP contribution in [0.4, 0.5) is 0 Å². The molecule has 3 aromatic rings. The van der Waals surface area contributed by atoms with E-state index in [1.165, 1.54) is 48.6 Å². The van der Waals surface area contributed by atoms with Gasteiger partial charge in [-0.15, -0.1) is 0 Å². The van der Waals surface area contributed by atoms with Gasteiger partial charge >= 0.3 is 5.97 Å². The summed E-state index contributed by atoms with van der Waals surface area (Å²) in [5, 5.41) is 10.7. The summed E-state index contributed by atoms with van der Waals surface area (Å²) in [7, 11) is 0. The molecule has 6 heteroatoms. The highest BCUT2D eigenvalue weighted by Crippen LogP contribution is 2.48. The van der Waals surface area contributed by atoms with Crippen LogP contribution < -0.4 is 0 Å². The second-order valence-corrected chi connectivity index (χ2v) is 8.74. The number of carbonyl (C=O) groups is 5. The minimum Gasteiger partial charge on any atom is -0.480 e. The van der Waals surface area contributed by atoms with Crippen molar-refractivity contribution in [1.29, 1.82) is 0 Å². The van der Waals surface area contributed by atoms with E-state index < -0.39 is 34.5 Å². The average molecular weight is 460 g/mol. The monoisotopic (exact) mass is 460 g/mol. The minimum atomic E-state index is -2.02. The van der Waals surface area contributed by atoms with E-state index in [9.17, 15) is 29.1 Å². The third-order valence-corrected chi connectivity index (χ3v) is 7.07. The lowest BCUT2D eigenvalue weighted by Crippen LogP contribution is -2.46. The molecule has 0 saturated heterocycles. The number of hydrogen-bond donors (Lipinski definition) is 1. The van der Waals surface area contributed by atoms with Crippen molar-refractivity contribution < 1.29 is 29.1 Å². The Kier molecular flexibility index (Phi) is 4.26. The lowest BCUT2D eigenvalue weighted by Gasteiger charge is -2.38. The Morgan fingerprint density at radius 3 is 1.83 bits per heavy atom. The smallest absolute Gasteiger partial charge is 0.319 e. The van der Waals surface area contributed by atoms with E-state index >= 15 is 0 Å². The fraction of sp³-hybridized carbons (Fsp3) is 0.0690. The molecule has 3 aliphatic rings. The zero-order valence-electron chi connectivity index (χ0n) is 18.2. The number of benzene rings is 3. The molecule has 6 rings (SSSR count). The number of fused-ring (bicyclic) bond motifs is 3. The fourth-order valence-corrected chi connectivity index (χ4v) is 5.49. The van der Waals surface area contributed by atoms with Crippen molar-refractivity contribution in [3.63, 3.8) is 0 Å². The van der Waals surface area contributed by atoms with Gasteiger partial charge in [-0.25, -0.2) is 0 Å². The van der Waals surface area contributed by atoms with Crippen LogP contribution in [0.5, 0.6) is 0 Å². The number of carboxylic acids is 1. The van der Waals surface area contributed by atoms with E-state index in [2.05, 4.69) is 0 Å². The first-order valence-electron chi connectivity index (χ1n) is 11.0. The van der Waals surface area contributed by atoms with Gasteiger partial charge in [0.05, 0.1) is 0 Å². The maximum atomic E-state index is 13.7. The molecular weight excluding hydrogens is 444 g/mol. The van der Waals surface area contributed by atoms with Crippen molar-refractivity contribution in [3.05, 3.63) is 129 Å². The molecule has 3 aromatic carbocycles. The molecular formula is C29H16O6. The second kappa shape index (κ2) is 7.14. The highest BCUT2D eigenvalue weighted by Gasteiger charge is 2.54. The van der Waals surface area contributed by atoms with Crippen LogP contribution in [-0.2, 0) is 10.2 Å². The normalized spacial score (nSPS) is 20.2. The number of hydrogen-bond acceptors (Lipinski definition) is 5. The topological polar surface area (TPSA) is 106 Å². The highest BCUT2D eigenvalue weighted by molar-refractivity contribution is 6.32. The Morgan fingerprint density at radius 2 is 1.20 bits per heavy atom. The summed E-state index contributed by atoms with van der Waals surface area (Å²) in [6.07, 6.45) is 2.86. The van der Waals surface area contributed by atoms with Crippen LogP contribution in [0.2, 0.25) is 0 Å². The van der Waals surface area contributed by atoms with Crippen LogP contribution in [-0.4, -0.2) is 34.2 Å². The molecule has 168 valence electrons. The standard InChI is InChI=1S/C29H16O6/c30-24-15-7-1-3-9-17(15)26(32)22-19(24)11-5-13-21(22)29(28(34)35)14-6-12-20-23(29)27(33)18-10-4-2-8-16(18)25(20)31/h1-13H,14H2,(H,34,35). The summed E-state index contributed by atoms with van der Waals surface area (Å²) in [6.45, 7) is 0. The summed E-state index contributed by atoms with van der Waals surface area (Å²) in [5.74, 6) is -3.28. The number of carbonyl (C=O) groups excluding carboxylic acids is 4. The Morgan fingerprint density at radius 1 is 0.657 bits per heavy atom. The molecule has 3 aliphatic carbocycles. The lowest BCUT2D eigenvalue weighted by atomic mass is 9.61. The van der Waals surface area contributed by atoms with E-state index in [4.69, 9.17) is 0 Å². The highest BCUT2D eigenvalue weighted by atomic mass is 16.4. The Labute approximate surface area is 199 Å². The van der Waals surface area contributed by atoms with E-state index in [0.717, 1.165) is 0 Å². The van der Waals surface area contributed by atoms with Gasteiger partial charge in [-0.05, 0) is 12.0 Å². The van der Waals surface area contributed by atoms with Gasteiger partial charge in [-0.3, -0.25) is 24.0 Å². The van der Waals surface area contributed by atoms with Gasteiger partial charge in [-0.2, -0.15) is 0 Å². The molecule has 1 atom stereocenters. The number of Topliss-reactive ketones (excluding diaryl/α,β-unsaturated/α-hetero) is 2. The molecule has 35 heavy (non-hydrogen) atoms. The minimum absolute atomic E-state index is 0.00469. The predicted octanol–water partition coefficient (Wildman–Crippen LogP) is 4.12. The van der Waals surface area contributed by atoms with Crippen LogP contribution in [0.25, 0.3) is 0 Å². The summed E-state index contributed by atoms with van der Waals surface area (Å²) < 4.78 is 0. The van der Waals surface area contributed by atoms with Gasteiger partial charge in [0.25, 0.3) is 0 Å². The number of ketones is 4. The van der Waals surface area contributed by atoms with E-state index in [1.807, 2.05) is 0 Å². The molecule has 6 nitrogen and oxygen atoms in total. The van der Waals surface area contributed by atoms with E-state index in [-0.39, 0.29) is 56.5 Å². The molecule has 0 aromatic heterocycles. The molecule has 1 unspecified atom stereocenters.